The highest BCUT2D eigenvalue weighted by atomic mass is 16.5. The zero-order valence-electron chi connectivity index (χ0n) is 7.60. The van der Waals surface area contributed by atoms with E-state index < -0.39 is 0 Å². The highest BCUT2D eigenvalue weighted by Gasteiger charge is 2.14. The van der Waals surface area contributed by atoms with Gasteiger partial charge in [-0.2, -0.15) is 0 Å². The zero-order valence-corrected chi connectivity index (χ0v) is 7.60. The third-order valence-corrected chi connectivity index (χ3v) is 2.43. The summed E-state index contributed by atoms with van der Waals surface area (Å²) in [5.41, 5.74) is 0. The Morgan fingerprint density at radius 1 is 1.27 bits per heavy atom. The molecule has 1 fully saturated rings. The molecule has 1 N–H and O–H groups in total. The molecule has 11 heavy (non-hydrogen) atoms. The Balaban J connectivity index is 2.13. The average Bonchev–Trinajstić information content (AvgIpc) is 2.06. The van der Waals surface area contributed by atoms with Crippen LogP contribution in [0, 0.1) is 0 Å². The number of hydrogen-bond donors (Lipinski definition) is 1. The van der Waals surface area contributed by atoms with E-state index in [9.17, 15) is 0 Å². The molecule has 1 atom stereocenters. The number of nitrogens with one attached hydrogen (secondary N) is 1. The van der Waals surface area contributed by atoms with E-state index in [1.807, 2.05) is 0 Å². The molecule has 0 radical (unpaired) electrons. The molecular weight excluding hydrogens is 138 g/mol. The SMILES string of the molecule is COC(C)NC1CCCCC1. The molecule has 0 amide bonds. The fourth-order valence-corrected chi connectivity index (χ4v) is 1.67. The lowest BCUT2D eigenvalue weighted by molar-refractivity contribution is 0.0727. The number of methoxy groups -OCH3 is 1. The molecule has 0 spiro atoms. The van der Waals surface area contributed by atoms with Crippen LogP contribution in [0.15, 0.2) is 0 Å². The molecule has 1 rings (SSSR count). The van der Waals surface area contributed by atoms with Crippen LogP contribution < -0.4 is 5.32 Å². The Morgan fingerprint density at radius 2 is 1.91 bits per heavy atom. The molecule has 0 aromatic heterocycles. The van der Waals surface area contributed by atoms with Gasteiger partial charge in [-0.15, -0.1) is 0 Å². The Kier molecular flexibility index (Phi) is 3.87. The topological polar surface area (TPSA) is 21.3 Å². The minimum atomic E-state index is 0.220. The smallest absolute Gasteiger partial charge is 0.105 e. The van der Waals surface area contributed by atoms with Crippen molar-refractivity contribution < 1.29 is 4.74 Å². The number of ether oxygens (including phenoxy) is 1. The van der Waals surface area contributed by atoms with Gasteiger partial charge >= 0.3 is 0 Å². The summed E-state index contributed by atoms with van der Waals surface area (Å²) in [6.45, 7) is 2.06. The zero-order chi connectivity index (χ0) is 8.10. The molecule has 1 saturated carbocycles. The molecular formula is C9H19NO. The van der Waals surface area contributed by atoms with Crippen LogP contribution in [-0.2, 0) is 4.74 Å². The molecule has 0 bridgehead atoms. The van der Waals surface area contributed by atoms with Crippen molar-refractivity contribution in [2.75, 3.05) is 7.11 Å². The summed E-state index contributed by atoms with van der Waals surface area (Å²) in [6.07, 6.45) is 7.06. The average molecular weight is 157 g/mol. The van der Waals surface area contributed by atoms with Gasteiger partial charge in [0.2, 0.25) is 0 Å². The van der Waals surface area contributed by atoms with E-state index in [1.54, 1.807) is 7.11 Å². The lowest BCUT2D eigenvalue weighted by Gasteiger charge is -2.25. The minimum Gasteiger partial charge on any atom is -0.367 e. The van der Waals surface area contributed by atoms with Crippen molar-refractivity contribution in [2.24, 2.45) is 0 Å². The molecule has 0 aromatic rings. The third kappa shape index (κ3) is 3.21. The third-order valence-electron chi connectivity index (χ3n) is 2.43. The van der Waals surface area contributed by atoms with Crippen molar-refractivity contribution in [1.82, 2.24) is 5.32 Å². The van der Waals surface area contributed by atoms with Gasteiger partial charge in [0.05, 0.1) is 0 Å². The van der Waals surface area contributed by atoms with Crippen LogP contribution in [0.4, 0.5) is 0 Å². The van der Waals surface area contributed by atoms with Crippen molar-refractivity contribution in [1.29, 1.82) is 0 Å². The molecule has 1 unspecified atom stereocenters. The molecule has 0 aliphatic heterocycles. The van der Waals surface area contributed by atoms with Crippen LogP contribution in [0.2, 0.25) is 0 Å². The molecule has 1 aliphatic rings. The van der Waals surface area contributed by atoms with E-state index in [1.165, 1.54) is 32.1 Å². The van der Waals surface area contributed by atoms with Crippen molar-refractivity contribution in [3.8, 4) is 0 Å². The second-order valence-electron chi connectivity index (χ2n) is 3.38. The number of hydrogen-bond acceptors (Lipinski definition) is 2. The lowest BCUT2D eigenvalue weighted by atomic mass is 9.95. The van der Waals surface area contributed by atoms with Gasteiger partial charge in [-0.05, 0) is 19.8 Å². The first kappa shape index (κ1) is 9.01. The fourth-order valence-electron chi connectivity index (χ4n) is 1.67. The Labute approximate surface area is 69.3 Å². The minimum absolute atomic E-state index is 0.220. The van der Waals surface area contributed by atoms with E-state index in [-0.39, 0.29) is 6.23 Å². The van der Waals surface area contributed by atoms with Gasteiger partial charge in [-0.25, -0.2) is 0 Å². The van der Waals surface area contributed by atoms with E-state index >= 15 is 0 Å². The summed E-state index contributed by atoms with van der Waals surface area (Å²) in [5.74, 6) is 0. The largest absolute Gasteiger partial charge is 0.367 e. The highest BCUT2D eigenvalue weighted by molar-refractivity contribution is 4.71. The van der Waals surface area contributed by atoms with Crippen LogP contribution in [0.5, 0.6) is 0 Å². The van der Waals surface area contributed by atoms with Gasteiger partial charge in [0.25, 0.3) is 0 Å². The van der Waals surface area contributed by atoms with Crippen molar-refractivity contribution in [2.45, 2.75) is 51.3 Å². The Hall–Kier alpha value is -0.0800. The molecule has 2 heteroatoms. The predicted molar refractivity (Wildman–Crippen MR) is 46.5 cm³/mol. The van der Waals surface area contributed by atoms with Crippen LogP contribution in [-0.4, -0.2) is 19.4 Å². The monoisotopic (exact) mass is 157 g/mol. The summed E-state index contributed by atoms with van der Waals surface area (Å²) < 4.78 is 5.14. The predicted octanol–water partition coefficient (Wildman–Crippen LogP) is 1.90. The molecule has 0 heterocycles. The van der Waals surface area contributed by atoms with Crippen molar-refractivity contribution in [3.63, 3.8) is 0 Å². The van der Waals surface area contributed by atoms with Crippen molar-refractivity contribution >= 4 is 0 Å². The Morgan fingerprint density at radius 3 is 2.45 bits per heavy atom. The van der Waals surface area contributed by atoms with Gasteiger partial charge < -0.3 is 4.74 Å². The van der Waals surface area contributed by atoms with E-state index in [2.05, 4.69) is 12.2 Å². The summed E-state index contributed by atoms with van der Waals surface area (Å²) in [4.78, 5) is 0. The Bertz CT molecular complexity index is 99.7. The second kappa shape index (κ2) is 4.73. The summed E-state index contributed by atoms with van der Waals surface area (Å²) >= 11 is 0. The summed E-state index contributed by atoms with van der Waals surface area (Å²) in [5, 5.41) is 3.45. The first-order valence-electron chi connectivity index (χ1n) is 4.62. The van der Waals surface area contributed by atoms with Gasteiger partial charge in [0.1, 0.15) is 6.23 Å². The maximum Gasteiger partial charge on any atom is 0.105 e. The van der Waals surface area contributed by atoms with Gasteiger partial charge in [0, 0.05) is 13.2 Å². The standard InChI is InChI=1S/C9H19NO/c1-8(11-2)10-9-6-4-3-5-7-9/h8-10H,3-7H2,1-2H3. The molecule has 66 valence electrons. The molecule has 2 nitrogen and oxygen atoms in total. The lowest BCUT2D eigenvalue weighted by Crippen LogP contribution is -2.38. The maximum absolute atomic E-state index is 5.14. The quantitative estimate of drug-likeness (QED) is 0.632. The van der Waals surface area contributed by atoms with Gasteiger partial charge in [-0.1, -0.05) is 19.3 Å². The summed E-state index contributed by atoms with van der Waals surface area (Å²) in [7, 11) is 1.75. The van der Waals surface area contributed by atoms with E-state index in [0.717, 1.165) is 0 Å². The first-order valence-corrected chi connectivity index (χ1v) is 4.62. The van der Waals surface area contributed by atoms with Crippen LogP contribution in [0.1, 0.15) is 39.0 Å². The highest BCUT2D eigenvalue weighted by Crippen LogP contribution is 2.17. The van der Waals surface area contributed by atoms with E-state index in [0.29, 0.717) is 6.04 Å². The summed E-state index contributed by atoms with van der Waals surface area (Å²) in [6, 6.07) is 0.707. The fraction of sp³-hybridized carbons (Fsp3) is 1.00. The molecule has 0 saturated heterocycles. The van der Waals surface area contributed by atoms with Crippen molar-refractivity contribution in [3.05, 3.63) is 0 Å². The second-order valence-corrected chi connectivity index (χ2v) is 3.38. The molecule has 0 aromatic carbocycles. The van der Waals surface area contributed by atoms with Crippen LogP contribution >= 0.6 is 0 Å². The van der Waals surface area contributed by atoms with Gasteiger partial charge in [-0.3, -0.25) is 5.32 Å². The normalized spacial score (nSPS) is 23.5. The van der Waals surface area contributed by atoms with Gasteiger partial charge in [0.15, 0.2) is 0 Å². The number of rotatable bonds is 3. The molecule has 1 aliphatic carbocycles. The maximum atomic E-state index is 5.14. The van der Waals surface area contributed by atoms with Crippen LogP contribution in [0.3, 0.4) is 0 Å². The van der Waals surface area contributed by atoms with Crippen LogP contribution in [0.25, 0.3) is 0 Å². The first-order chi connectivity index (χ1) is 5.33. The van der Waals surface area contributed by atoms with E-state index in [4.69, 9.17) is 4.74 Å².